The summed E-state index contributed by atoms with van der Waals surface area (Å²) in [5.74, 6) is -2.16. The SMILES string of the molecule is O=C(O)CN1C[C@@H]2C(=O)NC(=O)[C@@H]2C1. The second-order valence-electron chi connectivity index (χ2n) is 3.65. The average Bonchev–Trinajstić information content (AvgIpc) is 2.55. The minimum Gasteiger partial charge on any atom is -0.480 e. The molecule has 14 heavy (non-hydrogen) atoms. The number of carboxylic acid groups (broad SMARTS) is 1. The van der Waals surface area contributed by atoms with Crippen LogP contribution in [0.4, 0.5) is 0 Å². The fourth-order valence-electron chi connectivity index (χ4n) is 2.04. The summed E-state index contributed by atoms with van der Waals surface area (Å²) in [5.41, 5.74) is 0. The molecule has 2 atom stereocenters. The lowest BCUT2D eigenvalue weighted by Gasteiger charge is -2.12. The van der Waals surface area contributed by atoms with Gasteiger partial charge in [0.05, 0.1) is 18.4 Å². The Bertz CT molecular complexity index is 292. The van der Waals surface area contributed by atoms with Crippen LogP contribution in [0.5, 0.6) is 0 Å². The molecule has 2 aliphatic rings. The summed E-state index contributed by atoms with van der Waals surface area (Å²) < 4.78 is 0. The van der Waals surface area contributed by atoms with E-state index in [1.807, 2.05) is 0 Å². The van der Waals surface area contributed by atoms with Crippen molar-refractivity contribution in [3.05, 3.63) is 0 Å². The van der Waals surface area contributed by atoms with Gasteiger partial charge in [0.2, 0.25) is 11.8 Å². The van der Waals surface area contributed by atoms with Crippen molar-refractivity contribution in [2.45, 2.75) is 0 Å². The van der Waals surface area contributed by atoms with Crippen LogP contribution in [0.1, 0.15) is 0 Å². The second kappa shape index (κ2) is 3.06. The minimum absolute atomic E-state index is 0.104. The topological polar surface area (TPSA) is 86.7 Å². The highest BCUT2D eigenvalue weighted by molar-refractivity contribution is 6.05. The van der Waals surface area contributed by atoms with Crippen LogP contribution in [-0.4, -0.2) is 47.4 Å². The number of rotatable bonds is 2. The van der Waals surface area contributed by atoms with Gasteiger partial charge < -0.3 is 5.11 Å². The number of aliphatic carboxylic acids is 1. The van der Waals surface area contributed by atoms with Crippen molar-refractivity contribution >= 4 is 17.8 Å². The van der Waals surface area contributed by atoms with Gasteiger partial charge in [-0.05, 0) is 0 Å². The number of amides is 2. The number of imide groups is 1. The highest BCUT2D eigenvalue weighted by Gasteiger charge is 2.47. The van der Waals surface area contributed by atoms with Crippen LogP contribution in [0.15, 0.2) is 0 Å². The van der Waals surface area contributed by atoms with Crippen LogP contribution >= 0.6 is 0 Å². The Morgan fingerprint density at radius 2 is 1.86 bits per heavy atom. The van der Waals surface area contributed by atoms with Crippen molar-refractivity contribution in [2.24, 2.45) is 11.8 Å². The van der Waals surface area contributed by atoms with Gasteiger partial charge in [0.1, 0.15) is 0 Å². The lowest BCUT2D eigenvalue weighted by molar-refractivity contribution is -0.138. The first-order valence-corrected chi connectivity index (χ1v) is 4.37. The van der Waals surface area contributed by atoms with Gasteiger partial charge in [0, 0.05) is 13.1 Å². The van der Waals surface area contributed by atoms with Gasteiger partial charge in [0.15, 0.2) is 0 Å². The van der Waals surface area contributed by atoms with E-state index in [9.17, 15) is 14.4 Å². The number of likely N-dealkylation sites (tertiary alicyclic amines) is 1. The Morgan fingerprint density at radius 3 is 2.29 bits per heavy atom. The second-order valence-corrected chi connectivity index (χ2v) is 3.65. The number of nitrogens with zero attached hydrogens (tertiary/aromatic N) is 1. The van der Waals surface area contributed by atoms with E-state index in [2.05, 4.69) is 5.32 Å². The maximum atomic E-state index is 11.2. The molecular weight excluding hydrogens is 188 g/mol. The number of carboxylic acids is 1. The van der Waals surface area contributed by atoms with Crippen molar-refractivity contribution in [1.29, 1.82) is 0 Å². The van der Waals surface area contributed by atoms with Crippen LogP contribution in [0.2, 0.25) is 0 Å². The summed E-state index contributed by atoms with van der Waals surface area (Å²) in [6.45, 7) is 0.636. The molecule has 2 aliphatic heterocycles. The zero-order chi connectivity index (χ0) is 10.3. The van der Waals surface area contributed by atoms with Crippen molar-refractivity contribution in [3.63, 3.8) is 0 Å². The van der Waals surface area contributed by atoms with E-state index in [0.29, 0.717) is 13.1 Å². The molecule has 2 fully saturated rings. The molecule has 0 aromatic heterocycles. The Balaban J connectivity index is 2.04. The molecule has 6 nitrogen and oxygen atoms in total. The average molecular weight is 198 g/mol. The van der Waals surface area contributed by atoms with Gasteiger partial charge in [-0.15, -0.1) is 0 Å². The smallest absolute Gasteiger partial charge is 0.317 e. The monoisotopic (exact) mass is 198 g/mol. The summed E-state index contributed by atoms with van der Waals surface area (Å²) in [6.07, 6.45) is 0. The first-order valence-electron chi connectivity index (χ1n) is 4.37. The molecule has 2 heterocycles. The molecule has 2 rings (SSSR count). The fourth-order valence-corrected chi connectivity index (χ4v) is 2.04. The number of nitrogens with one attached hydrogen (secondary N) is 1. The van der Waals surface area contributed by atoms with E-state index in [0.717, 1.165) is 0 Å². The molecule has 76 valence electrons. The Labute approximate surface area is 79.9 Å². The maximum absolute atomic E-state index is 11.2. The fraction of sp³-hybridized carbons (Fsp3) is 0.625. The number of hydrogen-bond acceptors (Lipinski definition) is 4. The van der Waals surface area contributed by atoms with Crippen LogP contribution in [0.25, 0.3) is 0 Å². The summed E-state index contributed by atoms with van der Waals surface area (Å²) >= 11 is 0. The molecular formula is C8H10N2O4. The van der Waals surface area contributed by atoms with E-state index >= 15 is 0 Å². The van der Waals surface area contributed by atoms with Crippen molar-refractivity contribution < 1.29 is 19.5 Å². The van der Waals surface area contributed by atoms with Crippen LogP contribution < -0.4 is 5.32 Å². The summed E-state index contributed by atoms with van der Waals surface area (Å²) in [7, 11) is 0. The molecule has 0 unspecified atom stereocenters. The lowest BCUT2D eigenvalue weighted by atomic mass is 10.00. The van der Waals surface area contributed by atoms with E-state index in [-0.39, 0.29) is 30.2 Å². The van der Waals surface area contributed by atoms with Crippen LogP contribution in [0.3, 0.4) is 0 Å². The van der Waals surface area contributed by atoms with Gasteiger partial charge in [-0.2, -0.15) is 0 Å². The predicted molar refractivity (Wildman–Crippen MR) is 44.2 cm³/mol. The van der Waals surface area contributed by atoms with Crippen molar-refractivity contribution in [3.8, 4) is 0 Å². The quantitative estimate of drug-likeness (QED) is 0.515. The predicted octanol–water partition coefficient (Wildman–Crippen LogP) is -1.72. The normalized spacial score (nSPS) is 31.7. The van der Waals surface area contributed by atoms with E-state index < -0.39 is 5.97 Å². The number of hydrogen-bond donors (Lipinski definition) is 2. The minimum atomic E-state index is -0.933. The molecule has 0 bridgehead atoms. The molecule has 0 spiro atoms. The Morgan fingerprint density at radius 1 is 1.36 bits per heavy atom. The van der Waals surface area contributed by atoms with E-state index in [4.69, 9.17) is 5.11 Å². The largest absolute Gasteiger partial charge is 0.480 e. The van der Waals surface area contributed by atoms with Gasteiger partial charge in [-0.1, -0.05) is 0 Å². The standard InChI is InChI=1S/C8H10N2O4/c11-6(12)3-10-1-4-5(2-10)8(14)9-7(4)13/h4-5H,1-3H2,(H,11,12)(H,9,13,14)/t4-,5+. The van der Waals surface area contributed by atoms with Crippen molar-refractivity contribution in [1.82, 2.24) is 10.2 Å². The third-order valence-electron chi connectivity index (χ3n) is 2.67. The highest BCUT2D eigenvalue weighted by Crippen LogP contribution is 2.27. The first-order chi connectivity index (χ1) is 6.58. The third kappa shape index (κ3) is 1.37. The van der Waals surface area contributed by atoms with Gasteiger partial charge in [0.25, 0.3) is 0 Å². The molecule has 2 N–H and O–H groups in total. The Kier molecular flexibility index (Phi) is 1.99. The van der Waals surface area contributed by atoms with Gasteiger partial charge in [-0.3, -0.25) is 24.6 Å². The summed E-state index contributed by atoms with van der Waals surface area (Å²) in [5, 5.41) is 10.8. The van der Waals surface area contributed by atoms with Gasteiger partial charge in [-0.25, -0.2) is 0 Å². The third-order valence-corrected chi connectivity index (χ3v) is 2.67. The number of carbonyl (C=O) groups is 3. The summed E-state index contributed by atoms with van der Waals surface area (Å²) in [6, 6.07) is 0. The van der Waals surface area contributed by atoms with Crippen LogP contribution in [-0.2, 0) is 14.4 Å². The Hall–Kier alpha value is -1.43. The van der Waals surface area contributed by atoms with E-state index in [1.165, 1.54) is 0 Å². The molecule has 0 aromatic rings. The molecule has 0 saturated carbocycles. The zero-order valence-electron chi connectivity index (χ0n) is 7.40. The lowest BCUT2D eigenvalue weighted by Crippen LogP contribution is -2.34. The summed E-state index contributed by atoms with van der Waals surface area (Å²) in [4.78, 5) is 34.4. The molecule has 2 saturated heterocycles. The number of carbonyl (C=O) groups excluding carboxylic acids is 2. The number of fused-ring (bicyclic) bond motifs is 1. The van der Waals surface area contributed by atoms with Crippen LogP contribution in [0, 0.1) is 11.8 Å². The molecule has 6 heteroatoms. The van der Waals surface area contributed by atoms with E-state index in [1.54, 1.807) is 4.90 Å². The van der Waals surface area contributed by atoms with Crippen molar-refractivity contribution in [2.75, 3.05) is 19.6 Å². The van der Waals surface area contributed by atoms with Gasteiger partial charge >= 0.3 is 5.97 Å². The maximum Gasteiger partial charge on any atom is 0.317 e. The molecule has 2 amide bonds. The first kappa shape index (κ1) is 9.14. The molecule has 0 radical (unpaired) electrons. The highest BCUT2D eigenvalue weighted by atomic mass is 16.4. The molecule has 0 aliphatic carbocycles. The molecule has 0 aromatic carbocycles. The zero-order valence-corrected chi connectivity index (χ0v) is 7.40.